The first-order valence-electron chi connectivity index (χ1n) is 9.98. The van der Waals surface area contributed by atoms with Crippen molar-refractivity contribution in [1.29, 1.82) is 0 Å². The van der Waals surface area contributed by atoms with Crippen molar-refractivity contribution < 1.29 is 9.53 Å². The monoisotopic (exact) mass is 382 g/mol. The Morgan fingerprint density at radius 3 is 2.26 bits per heavy atom. The standard InChI is InChI=1S/C22H26N2O2S/c1-13-19(27-21(23-13)17-3-5-18(26-2)6-4-17)20(25)24-22-10-14-7-15(11-22)9-16(8-14)12-22/h3-6,14-16H,7-12H2,1-2H3,(H,24,25). The summed E-state index contributed by atoms with van der Waals surface area (Å²) < 4.78 is 5.23. The van der Waals surface area contributed by atoms with Crippen LogP contribution in [-0.4, -0.2) is 23.5 Å². The van der Waals surface area contributed by atoms with Gasteiger partial charge in [-0.05, 0) is 87.5 Å². The van der Waals surface area contributed by atoms with Gasteiger partial charge >= 0.3 is 0 Å². The number of hydrogen-bond donors (Lipinski definition) is 1. The Bertz CT molecular complexity index is 836. The third kappa shape index (κ3) is 3.06. The van der Waals surface area contributed by atoms with E-state index in [9.17, 15) is 4.79 Å². The summed E-state index contributed by atoms with van der Waals surface area (Å²) in [5.74, 6) is 3.38. The molecule has 0 atom stereocenters. The van der Waals surface area contributed by atoms with Gasteiger partial charge in [-0.1, -0.05) is 0 Å². The molecule has 0 radical (unpaired) electrons. The fourth-order valence-corrected chi connectivity index (χ4v) is 6.99. The van der Waals surface area contributed by atoms with Crippen molar-refractivity contribution in [3.05, 3.63) is 34.8 Å². The van der Waals surface area contributed by atoms with E-state index in [1.54, 1.807) is 7.11 Å². The van der Waals surface area contributed by atoms with Crippen LogP contribution in [0.3, 0.4) is 0 Å². The minimum atomic E-state index is 0.0442. The third-order valence-electron chi connectivity index (χ3n) is 6.76. The zero-order chi connectivity index (χ0) is 18.6. The molecule has 6 rings (SSSR count). The molecule has 4 fully saturated rings. The fourth-order valence-electron chi connectivity index (χ4n) is 6.03. The average Bonchev–Trinajstić information content (AvgIpc) is 3.02. The van der Waals surface area contributed by atoms with Gasteiger partial charge in [0.1, 0.15) is 15.6 Å². The smallest absolute Gasteiger partial charge is 0.263 e. The van der Waals surface area contributed by atoms with Crippen molar-refractivity contribution in [3.8, 4) is 16.3 Å². The Kier molecular flexibility index (Phi) is 4.04. The number of aryl methyl sites for hydroxylation is 1. The summed E-state index contributed by atoms with van der Waals surface area (Å²) in [6.07, 6.45) is 7.68. The van der Waals surface area contributed by atoms with E-state index in [1.165, 1.54) is 49.9 Å². The number of aromatic nitrogens is 1. The highest BCUT2D eigenvalue weighted by molar-refractivity contribution is 7.17. The van der Waals surface area contributed by atoms with Crippen LogP contribution in [-0.2, 0) is 0 Å². The minimum absolute atomic E-state index is 0.0442. The molecular weight excluding hydrogens is 356 g/mol. The highest BCUT2D eigenvalue weighted by atomic mass is 32.1. The summed E-state index contributed by atoms with van der Waals surface area (Å²) in [7, 11) is 1.66. The van der Waals surface area contributed by atoms with Crippen LogP contribution >= 0.6 is 11.3 Å². The first kappa shape index (κ1) is 17.2. The van der Waals surface area contributed by atoms with Gasteiger partial charge in [0.2, 0.25) is 0 Å². The first-order valence-corrected chi connectivity index (χ1v) is 10.8. The van der Waals surface area contributed by atoms with Gasteiger partial charge < -0.3 is 10.1 Å². The molecule has 1 aromatic carbocycles. The van der Waals surface area contributed by atoms with Crippen LogP contribution in [0, 0.1) is 24.7 Å². The number of nitrogens with one attached hydrogen (secondary N) is 1. The molecule has 1 heterocycles. The second kappa shape index (κ2) is 6.33. The molecular formula is C22H26N2O2S. The number of thiazole rings is 1. The molecule has 5 heteroatoms. The summed E-state index contributed by atoms with van der Waals surface area (Å²) in [6, 6.07) is 7.86. The second-order valence-electron chi connectivity index (χ2n) is 8.81. The van der Waals surface area contributed by atoms with Gasteiger partial charge in [0.25, 0.3) is 5.91 Å². The molecule has 0 saturated heterocycles. The number of rotatable bonds is 4. The van der Waals surface area contributed by atoms with Gasteiger partial charge in [0.15, 0.2) is 0 Å². The third-order valence-corrected chi connectivity index (χ3v) is 7.96. The summed E-state index contributed by atoms with van der Waals surface area (Å²) in [6.45, 7) is 1.94. The SMILES string of the molecule is COc1ccc(-c2nc(C)c(C(=O)NC34CC5CC(CC(C5)C3)C4)s2)cc1. The molecule has 4 aliphatic rings. The van der Waals surface area contributed by atoms with Crippen molar-refractivity contribution in [2.45, 2.75) is 51.0 Å². The zero-order valence-corrected chi connectivity index (χ0v) is 16.8. The summed E-state index contributed by atoms with van der Waals surface area (Å²) >= 11 is 1.50. The summed E-state index contributed by atoms with van der Waals surface area (Å²) in [5.41, 5.74) is 1.90. The summed E-state index contributed by atoms with van der Waals surface area (Å²) in [4.78, 5) is 18.6. The zero-order valence-electron chi connectivity index (χ0n) is 16.0. The van der Waals surface area contributed by atoms with Crippen LogP contribution < -0.4 is 10.1 Å². The quantitative estimate of drug-likeness (QED) is 0.824. The molecule has 0 aliphatic heterocycles. The molecule has 1 aromatic heterocycles. The summed E-state index contributed by atoms with van der Waals surface area (Å²) in [5, 5.41) is 4.37. The van der Waals surface area contributed by atoms with Crippen LogP contribution in [0.5, 0.6) is 5.75 Å². The van der Waals surface area contributed by atoms with Gasteiger partial charge in [0.05, 0.1) is 12.8 Å². The molecule has 2 aromatic rings. The van der Waals surface area contributed by atoms with E-state index < -0.39 is 0 Å². The van der Waals surface area contributed by atoms with E-state index >= 15 is 0 Å². The van der Waals surface area contributed by atoms with Crippen LogP contribution in [0.1, 0.15) is 53.9 Å². The Morgan fingerprint density at radius 1 is 1.11 bits per heavy atom. The molecule has 4 aliphatic carbocycles. The average molecular weight is 383 g/mol. The lowest BCUT2D eigenvalue weighted by Gasteiger charge is -2.56. The van der Waals surface area contributed by atoms with Gasteiger partial charge in [-0.3, -0.25) is 4.79 Å². The lowest BCUT2D eigenvalue weighted by atomic mass is 9.53. The molecule has 1 N–H and O–H groups in total. The highest BCUT2D eigenvalue weighted by Crippen LogP contribution is 2.55. The lowest BCUT2D eigenvalue weighted by molar-refractivity contribution is -0.0166. The first-order chi connectivity index (χ1) is 13.0. The molecule has 142 valence electrons. The normalized spacial score (nSPS) is 31.1. The van der Waals surface area contributed by atoms with E-state index in [-0.39, 0.29) is 11.4 Å². The number of ether oxygens (including phenoxy) is 1. The van der Waals surface area contributed by atoms with Gasteiger partial charge in [-0.25, -0.2) is 4.98 Å². The van der Waals surface area contributed by atoms with E-state index in [4.69, 9.17) is 4.74 Å². The Labute approximate surface area is 164 Å². The number of benzene rings is 1. The topological polar surface area (TPSA) is 51.2 Å². The number of hydrogen-bond acceptors (Lipinski definition) is 4. The Balaban J connectivity index is 1.37. The van der Waals surface area contributed by atoms with Crippen molar-refractivity contribution in [2.75, 3.05) is 7.11 Å². The van der Waals surface area contributed by atoms with Crippen molar-refractivity contribution in [2.24, 2.45) is 17.8 Å². The van der Waals surface area contributed by atoms with Crippen LogP contribution in [0.15, 0.2) is 24.3 Å². The van der Waals surface area contributed by atoms with Gasteiger partial charge in [-0.2, -0.15) is 0 Å². The maximum Gasteiger partial charge on any atom is 0.263 e. The molecule has 27 heavy (non-hydrogen) atoms. The predicted molar refractivity (Wildman–Crippen MR) is 107 cm³/mol. The van der Waals surface area contributed by atoms with Crippen molar-refractivity contribution in [1.82, 2.24) is 10.3 Å². The molecule has 4 bridgehead atoms. The van der Waals surface area contributed by atoms with E-state index in [0.717, 1.165) is 44.6 Å². The van der Waals surface area contributed by atoms with Crippen LogP contribution in [0.2, 0.25) is 0 Å². The van der Waals surface area contributed by atoms with E-state index in [0.29, 0.717) is 0 Å². The van der Waals surface area contributed by atoms with Gasteiger partial charge in [0, 0.05) is 11.1 Å². The number of methoxy groups -OCH3 is 1. The molecule has 4 saturated carbocycles. The molecule has 0 unspecified atom stereocenters. The largest absolute Gasteiger partial charge is 0.497 e. The maximum absolute atomic E-state index is 13.1. The van der Waals surface area contributed by atoms with Crippen LogP contribution in [0.25, 0.3) is 10.6 Å². The van der Waals surface area contributed by atoms with Crippen LogP contribution in [0.4, 0.5) is 0 Å². The fraction of sp³-hybridized carbons (Fsp3) is 0.545. The van der Waals surface area contributed by atoms with E-state index in [2.05, 4.69) is 10.3 Å². The lowest BCUT2D eigenvalue weighted by Crippen LogP contribution is -2.59. The highest BCUT2D eigenvalue weighted by Gasteiger charge is 2.51. The maximum atomic E-state index is 13.1. The number of nitrogens with zero attached hydrogens (tertiary/aromatic N) is 1. The minimum Gasteiger partial charge on any atom is -0.497 e. The number of carbonyl (C=O) groups is 1. The van der Waals surface area contributed by atoms with Crippen molar-refractivity contribution >= 4 is 17.2 Å². The molecule has 4 nitrogen and oxygen atoms in total. The predicted octanol–water partition coefficient (Wildman–Crippen LogP) is 4.83. The Morgan fingerprint density at radius 2 is 1.70 bits per heavy atom. The number of carbonyl (C=O) groups excluding carboxylic acids is 1. The molecule has 1 amide bonds. The Hall–Kier alpha value is -1.88. The van der Waals surface area contributed by atoms with E-state index in [1.807, 2.05) is 31.2 Å². The number of amides is 1. The van der Waals surface area contributed by atoms with Crippen molar-refractivity contribution in [3.63, 3.8) is 0 Å². The van der Waals surface area contributed by atoms with Gasteiger partial charge in [-0.15, -0.1) is 11.3 Å². The molecule has 0 spiro atoms. The second-order valence-corrected chi connectivity index (χ2v) is 9.81.